The van der Waals surface area contributed by atoms with Crippen LogP contribution in [0.15, 0.2) is 12.4 Å². The number of hydrogen-bond donors (Lipinski definition) is 3. The van der Waals surface area contributed by atoms with Gasteiger partial charge >= 0.3 is 6.03 Å². The van der Waals surface area contributed by atoms with Crippen molar-refractivity contribution < 1.29 is 9.90 Å². The van der Waals surface area contributed by atoms with Crippen molar-refractivity contribution in [1.82, 2.24) is 15.1 Å². The summed E-state index contributed by atoms with van der Waals surface area (Å²) in [5.41, 5.74) is 0.125. The molecule has 2 rings (SSSR count). The van der Waals surface area contributed by atoms with Crippen LogP contribution in [0, 0.1) is 5.92 Å². The van der Waals surface area contributed by atoms with Crippen LogP contribution in [-0.4, -0.2) is 33.1 Å². The fraction of sp³-hybridized carbons (Fsp3) is 0.692. The molecule has 1 saturated carbocycles. The molecular weight excluding hydrogens is 244 g/mol. The van der Waals surface area contributed by atoms with Gasteiger partial charge in [0.05, 0.1) is 24.0 Å². The van der Waals surface area contributed by atoms with E-state index in [-0.39, 0.29) is 18.7 Å². The fourth-order valence-electron chi connectivity index (χ4n) is 2.10. The standard InChI is InChI=1S/C13H22N4O2/c1-9(2)17-7-11(6-14-17)15-12(19)16-13(3,8-18)10-4-5-10/h6-7,9-10,18H,4-5,8H2,1-3H3,(H2,15,16,19). The van der Waals surface area contributed by atoms with E-state index in [4.69, 9.17) is 0 Å². The molecule has 0 bridgehead atoms. The van der Waals surface area contributed by atoms with E-state index in [0.717, 1.165) is 12.8 Å². The molecule has 3 N–H and O–H groups in total. The molecule has 0 radical (unpaired) electrons. The zero-order valence-corrected chi connectivity index (χ0v) is 11.7. The number of nitrogens with zero attached hydrogens (tertiary/aromatic N) is 2. The highest BCUT2D eigenvalue weighted by molar-refractivity contribution is 5.89. The van der Waals surface area contributed by atoms with Crippen LogP contribution in [0.25, 0.3) is 0 Å². The minimum atomic E-state index is -0.530. The van der Waals surface area contributed by atoms with Crippen LogP contribution in [0.5, 0.6) is 0 Å². The lowest BCUT2D eigenvalue weighted by Gasteiger charge is -2.28. The third-order valence-corrected chi connectivity index (χ3v) is 3.59. The minimum absolute atomic E-state index is 0.0453. The molecule has 1 heterocycles. The van der Waals surface area contributed by atoms with Crippen LogP contribution in [0.2, 0.25) is 0 Å². The monoisotopic (exact) mass is 266 g/mol. The fourth-order valence-corrected chi connectivity index (χ4v) is 2.10. The first kappa shape index (κ1) is 13.9. The third-order valence-electron chi connectivity index (χ3n) is 3.59. The van der Waals surface area contributed by atoms with E-state index in [1.54, 1.807) is 17.1 Å². The Morgan fingerprint density at radius 1 is 1.63 bits per heavy atom. The van der Waals surface area contributed by atoms with Crippen molar-refractivity contribution in [2.24, 2.45) is 5.92 Å². The van der Waals surface area contributed by atoms with Gasteiger partial charge in [-0.2, -0.15) is 5.10 Å². The summed E-state index contributed by atoms with van der Waals surface area (Å²) in [4.78, 5) is 11.9. The smallest absolute Gasteiger partial charge is 0.319 e. The molecule has 1 aromatic rings. The Bertz CT molecular complexity index is 453. The molecule has 2 amide bonds. The van der Waals surface area contributed by atoms with Crippen molar-refractivity contribution in [3.05, 3.63) is 12.4 Å². The van der Waals surface area contributed by atoms with Crippen LogP contribution in [0.4, 0.5) is 10.5 Å². The molecule has 6 nitrogen and oxygen atoms in total. The SMILES string of the molecule is CC(C)n1cc(NC(=O)NC(C)(CO)C2CC2)cn1. The maximum atomic E-state index is 11.9. The molecule has 19 heavy (non-hydrogen) atoms. The lowest BCUT2D eigenvalue weighted by atomic mass is 9.97. The van der Waals surface area contributed by atoms with Gasteiger partial charge in [-0.05, 0) is 39.5 Å². The van der Waals surface area contributed by atoms with Gasteiger partial charge in [-0.3, -0.25) is 4.68 Å². The van der Waals surface area contributed by atoms with Crippen molar-refractivity contribution >= 4 is 11.7 Å². The number of hydrogen-bond acceptors (Lipinski definition) is 3. The number of carbonyl (C=O) groups is 1. The van der Waals surface area contributed by atoms with Gasteiger partial charge in [-0.1, -0.05) is 0 Å². The van der Waals surface area contributed by atoms with Gasteiger partial charge in [0, 0.05) is 12.2 Å². The van der Waals surface area contributed by atoms with Crippen LogP contribution in [0.1, 0.15) is 39.7 Å². The van der Waals surface area contributed by atoms with E-state index in [2.05, 4.69) is 15.7 Å². The van der Waals surface area contributed by atoms with E-state index < -0.39 is 5.54 Å². The summed E-state index contributed by atoms with van der Waals surface area (Å²) in [6, 6.07) is -0.0421. The highest BCUT2D eigenvalue weighted by Crippen LogP contribution is 2.39. The number of rotatable bonds is 5. The van der Waals surface area contributed by atoms with Crippen molar-refractivity contribution in [3.8, 4) is 0 Å². The summed E-state index contributed by atoms with van der Waals surface area (Å²) in [5.74, 6) is 0.377. The summed E-state index contributed by atoms with van der Waals surface area (Å²) >= 11 is 0. The highest BCUT2D eigenvalue weighted by Gasteiger charge is 2.42. The average Bonchev–Trinajstić information content (AvgIpc) is 3.10. The Balaban J connectivity index is 1.93. The largest absolute Gasteiger partial charge is 0.394 e. The van der Waals surface area contributed by atoms with Crippen LogP contribution >= 0.6 is 0 Å². The molecule has 0 aliphatic heterocycles. The van der Waals surface area contributed by atoms with Gasteiger partial charge < -0.3 is 15.7 Å². The second-order valence-electron chi connectivity index (χ2n) is 5.73. The van der Waals surface area contributed by atoms with Gasteiger partial charge in [0.1, 0.15) is 0 Å². The molecule has 1 unspecified atom stereocenters. The van der Waals surface area contributed by atoms with E-state index >= 15 is 0 Å². The molecule has 1 fully saturated rings. The number of aromatic nitrogens is 2. The van der Waals surface area contributed by atoms with E-state index in [9.17, 15) is 9.90 Å². The van der Waals surface area contributed by atoms with Gasteiger partial charge in [0.25, 0.3) is 0 Å². The first-order chi connectivity index (χ1) is 8.94. The number of aliphatic hydroxyl groups is 1. The highest BCUT2D eigenvalue weighted by atomic mass is 16.3. The van der Waals surface area contributed by atoms with Crippen molar-refractivity contribution in [2.75, 3.05) is 11.9 Å². The molecule has 0 spiro atoms. The Morgan fingerprint density at radius 2 is 2.32 bits per heavy atom. The quantitative estimate of drug-likeness (QED) is 0.759. The molecule has 0 saturated heterocycles. The maximum absolute atomic E-state index is 11.9. The number of anilines is 1. The van der Waals surface area contributed by atoms with E-state index in [0.29, 0.717) is 11.6 Å². The van der Waals surface area contributed by atoms with Gasteiger partial charge in [0.15, 0.2) is 0 Å². The molecule has 1 atom stereocenters. The van der Waals surface area contributed by atoms with Gasteiger partial charge in [0.2, 0.25) is 0 Å². The minimum Gasteiger partial charge on any atom is -0.394 e. The first-order valence-corrected chi connectivity index (χ1v) is 6.69. The molecule has 1 aliphatic carbocycles. The number of carbonyl (C=O) groups excluding carboxylic acids is 1. The first-order valence-electron chi connectivity index (χ1n) is 6.69. The van der Waals surface area contributed by atoms with Crippen LogP contribution in [0.3, 0.4) is 0 Å². The summed E-state index contributed by atoms with van der Waals surface area (Å²) in [6.45, 7) is 5.87. The van der Waals surface area contributed by atoms with E-state index in [1.165, 1.54) is 0 Å². The Hall–Kier alpha value is -1.56. The van der Waals surface area contributed by atoms with Crippen molar-refractivity contribution in [1.29, 1.82) is 0 Å². The predicted molar refractivity (Wildman–Crippen MR) is 73.0 cm³/mol. The van der Waals surface area contributed by atoms with Gasteiger partial charge in [-0.15, -0.1) is 0 Å². The van der Waals surface area contributed by atoms with Crippen molar-refractivity contribution in [2.45, 2.75) is 45.2 Å². The Labute approximate surface area is 113 Å². The zero-order valence-electron chi connectivity index (χ0n) is 11.7. The Morgan fingerprint density at radius 3 is 2.79 bits per heavy atom. The molecule has 1 aliphatic rings. The van der Waals surface area contributed by atoms with Gasteiger partial charge in [-0.25, -0.2) is 4.79 Å². The average molecular weight is 266 g/mol. The van der Waals surface area contributed by atoms with Crippen molar-refractivity contribution in [3.63, 3.8) is 0 Å². The summed E-state index contributed by atoms with van der Waals surface area (Å²) < 4.78 is 1.78. The van der Waals surface area contributed by atoms with Crippen LogP contribution < -0.4 is 10.6 Å². The second-order valence-corrected chi connectivity index (χ2v) is 5.73. The maximum Gasteiger partial charge on any atom is 0.319 e. The predicted octanol–water partition coefficient (Wildman–Crippen LogP) is 1.75. The summed E-state index contributed by atoms with van der Waals surface area (Å²) in [5, 5.41) is 19.2. The summed E-state index contributed by atoms with van der Waals surface area (Å²) in [7, 11) is 0. The third kappa shape index (κ3) is 3.26. The molecular formula is C13H22N4O2. The lowest BCUT2D eigenvalue weighted by Crippen LogP contribution is -2.52. The number of urea groups is 1. The normalized spacial score (nSPS) is 18.2. The molecule has 0 aromatic carbocycles. The Kier molecular flexibility index (Phi) is 3.80. The topological polar surface area (TPSA) is 79.2 Å². The molecule has 6 heteroatoms. The van der Waals surface area contributed by atoms with Crippen LogP contribution in [-0.2, 0) is 0 Å². The zero-order chi connectivity index (χ0) is 14.0. The summed E-state index contributed by atoms with van der Waals surface area (Å²) in [6.07, 6.45) is 5.52. The second kappa shape index (κ2) is 5.21. The lowest BCUT2D eigenvalue weighted by molar-refractivity contribution is 0.159. The number of nitrogens with one attached hydrogen (secondary N) is 2. The number of aliphatic hydroxyl groups excluding tert-OH is 1. The van der Waals surface area contributed by atoms with E-state index in [1.807, 2.05) is 20.8 Å². The number of amides is 2. The molecule has 106 valence electrons. The molecule has 1 aromatic heterocycles.